The Morgan fingerprint density at radius 2 is 1.85 bits per heavy atom. The number of nitrogens with zero attached hydrogens (tertiary/aromatic N) is 3. The molecule has 2 N–H and O–H groups in total. The van der Waals surface area contributed by atoms with E-state index >= 15 is 0 Å². The number of carbonyl (C=O) groups excluding carboxylic acids is 1. The van der Waals surface area contributed by atoms with Crippen LogP contribution in [0.3, 0.4) is 0 Å². The zero-order valence-corrected chi connectivity index (χ0v) is 14.6. The number of aliphatic carboxylic acids is 1. The van der Waals surface area contributed by atoms with Gasteiger partial charge in [-0.2, -0.15) is 5.10 Å². The number of nitro groups is 1. The van der Waals surface area contributed by atoms with Crippen LogP contribution in [-0.2, 0) is 4.79 Å². The highest BCUT2D eigenvalue weighted by molar-refractivity contribution is 5.92. The molecule has 1 aliphatic rings. The molecule has 0 saturated heterocycles. The molecule has 1 fully saturated rings. The van der Waals surface area contributed by atoms with Gasteiger partial charge >= 0.3 is 5.97 Å². The smallest absolute Gasteiger partial charge is 0.308 e. The molecule has 9 heteroatoms. The van der Waals surface area contributed by atoms with Crippen molar-refractivity contribution in [3.8, 4) is 5.69 Å². The van der Waals surface area contributed by atoms with Crippen molar-refractivity contribution in [1.82, 2.24) is 15.1 Å². The molecule has 1 saturated carbocycles. The molecular formula is C18H20N4O5. The summed E-state index contributed by atoms with van der Waals surface area (Å²) in [6.45, 7) is 0. The van der Waals surface area contributed by atoms with E-state index < -0.39 is 28.8 Å². The van der Waals surface area contributed by atoms with Crippen molar-refractivity contribution in [2.75, 3.05) is 0 Å². The summed E-state index contributed by atoms with van der Waals surface area (Å²) in [6, 6.07) is 6.92. The molecular weight excluding hydrogens is 352 g/mol. The van der Waals surface area contributed by atoms with E-state index in [2.05, 4.69) is 10.4 Å². The second kappa shape index (κ2) is 7.98. The fourth-order valence-electron chi connectivity index (χ4n) is 3.33. The SMILES string of the molecule is O=C(N[C@H]1CCCCC[C@H]1C(=O)O)c1ccn(-c2ccc([N+](=O)[O-])cc2)n1. The largest absolute Gasteiger partial charge is 0.481 e. The van der Waals surface area contributed by atoms with Crippen LogP contribution >= 0.6 is 0 Å². The van der Waals surface area contributed by atoms with Crippen LogP contribution in [0.5, 0.6) is 0 Å². The maximum Gasteiger partial charge on any atom is 0.308 e. The zero-order valence-electron chi connectivity index (χ0n) is 14.6. The maximum absolute atomic E-state index is 12.5. The van der Waals surface area contributed by atoms with E-state index in [1.165, 1.54) is 22.9 Å². The first kappa shape index (κ1) is 18.6. The molecule has 1 amide bonds. The number of carbonyl (C=O) groups is 2. The topological polar surface area (TPSA) is 127 Å². The van der Waals surface area contributed by atoms with Crippen molar-refractivity contribution in [3.05, 3.63) is 52.3 Å². The molecule has 1 aromatic heterocycles. The van der Waals surface area contributed by atoms with Gasteiger partial charge in [-0.25, -0.2) is 4.68 Å². The third-order valence-electron chi connectivity index (χ3n) is 4.80. The van der Waals surface area contributed by atoms with E-state index in [-0.39, 0.29) is 11.4 Å². The first-order chi connectivity index (χ1) is 13.0. The van der Waals surface area contributed by atoms with Crippen molar-refractivity contribution >= 4 is 17.6 Å². The Morgan fingerprint density at radius 1 is 1.15 bits per heavy atom. The third-order valence-corrected chi connectivity index (χ3v) is 4.80. The quantitative estimate of drug-likeness (QED) is 0.472. The Kier molecular flexibility index (Phi) is 5.49. The first-order valence-electron chi connectivity index (χ1n) is 8.80. The summed E-state index contributed by atoms with van der Waals surface area (Å²) in [6.07, 6.45) is 5.45. The lowest BCUT2D eigenvalue weighted by molar-refractivity contribution is -0.384. The molecule has 3 rings (SSSR count). The highest BCUT2D eigenvalue weighted by Gasteiger charge is 2.31. The Balaban J connectivity index is 1.72. The van der Waals surface area contributed by atoms with Gasteiger partial charge in [-0.05, 0) is 31.0 Å². The number of hydrogen-bond acceptors (Lipinski definition) is 5. The highest BCUT2D eigenvalue weighted by Crippen LogP contribution is 2.24. The molecule has 2 aromatic rings. The Morgan fingerprint density at radius 3 is 2.52 bits per heavy atom. The van der Waals surface area contributed by atoms with Gasteiger partial charge in [0.1, 0.15) is 0 Å². The van der Waals surface area contributed by atoms with Crippen LogP contribution in [0.15, 0.2) is 36.5 Å². The van der Waals surface area contributed by atoms with Gasteiger partial charge in [0, 0.05) is 24.4 Å². The lowest BCUT2D eigenvalue weighted by Crippen LogP contribution is -2.43. The molecule has 2 atom stereocenters. The Labute approximate surface area is 155 Å². The third kappa shape index (κ3) is 4.30. The predicted molar refractivity (Wildman–Crippen MR) is 95.7 cm³/mol. The number of non-ortho nitro benzene ring substituents is 1. The van der Waals surface area contributed by atoms with Gasteiger partial charge < -0.3 is 10.4 Å². The van der Waals surface area contributed by atoms with Crippen LogP contribution in [0.1, 0.15) is 42.6 Å². The Hall–Kier alpha value is -3.23. The van der Waals surface area contributed by atoms with Crippen LogP contribution in [0.2, 0.25) is 0 Å². The summed E-state index contributed by atoms with van der Waals surface area (Å²) in [5.74, 6) is -1.90. The van der Waals surface area contributed by atoms with E-state index in [9.17, 15) is 24.8 Å². The van der Waals surface area contributed by atoms with Crippen molar-refractivity contribution in [3.63, 3.8) is 0 Å². The number of carboxylic acid groups (broad SMARTS) is 1. The maximum atomic E-state index is 12.5. The molecule has 0 radical (unpaired) electrons. The average molecular weight is 372 g/mol. The molecule has 1 aliphatic carbocycles. The Bertz CT molecular complexity index is 846. The number of hydrogen-bond donors (Lipinski definition) is 2. The predicted octanol–water partition coefficient (Wildman–Crippen LogP) is 2.54. The molecule has 0 bridgehead atoms. The van der Waals surface area contributed by atoms with Crippen molar-refractivity contribution < 1.29 is 19.6 Å². The summed E-state index contributed by atoms with van der Waals surface area (Å²) in [5, 5.41) is 27.1. The molecule has 0 aliphatic heterocycles. The fourth-order valence-corrected chi connectivity index (χ4v) is 3.33. The van der Waals surface area contributed by atoms with E-state index in [0.29, 0.717) is 18.5 Å². The van der Waals surface area contributed by atoms with Crippen molar-refractivity contribution in [2.24, 2.45) is 5.92 Å². The fraction of sp³-hybridized carbons (Fsp3) is 0.389. The zero-order chi connectivity index (χ0) is 19.4. The van der Waals surface area contributed by atoms with Gasteiger partial charge in [-0.3, -0.25) is 19.7 Å². The molecule has 142 valence electrons. The van der Waals surface area contributed by atoms with Gasteiger partial charge in [0.15, 0.2) is 5.69 Å². The monoisotopic (exact) mass is 372 g/mol. The van der Waals surface area contributed by atoms with Gasteiger partial charge in [0.2, 0.25) is 0 Å². The van der Waals surface area contributed by atoms with Crippen LogP contribution in [0, 0.1) is 16.0 Å². The molecule has 1 aromatic carbocycles. The number of rotatable bonds is 5. The van der Waals surface area contributed by atoms with E-state index in [1.807, 2.05) is 0 Å². The lowest BCUT2D eigenvalue weighted by Gasteiger charge is -2.22. The summed E-state index contributed by atoms with van der Waals surface area (Å²) < 4.78 is 1.44. The minimum Gasteiger partial charge on any atom is -0.481 e. The van der Waals surface area contributed by atoms with Crippen LogP contribution in [-0.4, -0.2) is 37.7 Å². The van der Waals surface area contributed by atoms with Gasteiger partial charge in [0.25, 0.3) is 11.6 Å². The van der Waals surface area contributed by atoms with Crippen LogP contribution in [0.4, 0.5) is 5.69 Å². The normalized spacial score (nSPS) is 19.9. The van der Waals surface area contributed by atoms with Gasteiger partial charge in [0.05, 0.1) is 16.5 Å². The molecule has 9 nitrogen and oxygen atoms in total. The summed E-state index contributed by atoms with van der Waals surface area (Å²) >= 11 is 0. The lowest BCUT2D eigenvalue weighted by atomic mass is 9.95. The first-order valence-corrected chi connectivity index (χ1v) is 8.80. The molecule has 1 heterocycles. The van der Waals surface area contributed by atoms with Gasteiger partial charge in [-0.15, -0.1) is 0 Å². The standard InChI is InChI=1S/C18H20N4O5/c23-17(19-15-5-3-1-2-4-14(15)18(24)25)16-10-11-21(20-16)12-6-8-13(9-7-12)22(26)27/h6-11,14-15H,1-5H2,(H,19,23)(H,24,25)/t14-,15+/m1/s1. The summed E-state index contributed by atoms with van der Waals surface area (Å²) in [5.41, 5.74) is 0.719. The molecule has 0 spiro atoms. The second-order valence-electron chi connectivity index (χ2n) is 6.58. The minimum absolute atomic E-state index is 0.0306. The van der Waals surface area contributed by atoms with Crippen molar-refractivity contribution in [2.45, 2.75) is 38.1 Å². The van der Waals surface area contributed by atoms with E-state index in [0.717, 1.165) is 19.3 Å². The number of benzene rings is 1. The van der Waals surface area contributed by atoms with Crippen molar-refractivity contribution in [1.29, 1.82) is 0 Å². The number of carboxylic acids is 1. The van der Waals surface area contributed by atoms with Crippen LogP contribution < -0.4 is 5.32 Å². The van der Waals surface area contributed by atoms with E-state index in [4.69, 9.17) is 0 Å². The highest BCUT2D eigenvalue weighted by atomic mass is 16.6. The molecule has 0 unspecified atom stereocenters. The second-order valence-corrected chi connectivity index (χ2v) is 6.58. The average Bonchev–Trinajstić information content (AvgIpc) is 3.02. The summed E-state index contributed by atoms with van der Waals surface area (Å²) in [4.78, 5) is 34.2. The van der Waals surface area contributed by atoms with Crippen LogP contribution in [0.25, 0.3) is 5.69 Å². The minimum atomic E-state index is -0.890. The van der Waals surface area contributed by atoms with E-state index in [1.54, 1.807) is 18.3 Å². The number of aromatic nitrogens is 2. The number of nitrogens with one attached hydrogen (secondary N) is 1. The summed E-state index contributed by atoms with van der Waals surface area (Å²) in [7, 11) is 0. The van der Waals surface area contributed by atoms with Gasteiger partial charge in [-0.1, -0.05) is 19.3 Å². The molecule has 27 heavy (non-hydrogen) atoms. The number of nitro benzene ring substituents is 1. The number of amides is 1.